The maximum absolute atomic E-state index is 8.80. The molecule has 0 fully saturated rings. The molecule has 0 saturated carbocycles. The molecule has 1 aromatic rings. The fourth-order valence-corrected chi connectivity index (χ4v) is 0.845. The Kier molecular flexibility index (Phi) is 2.71. The van der Waals surface area contributed by atoms with Crippen molar-refractivity contribution in [2.45, 2.75) is 0 Å². The molecule has 0 saturated heterocycles. The monoisotopic (exact) mass is 163 g/mol. The van der Waals surface area contributed by atoms with Gasteiger partial charge in [-0.15, -0.1) is 0 Å². The first-order chi connectivity index (χ1) is 5.75. The van der Waals surface area contributed by atoms with E-state index in [4.69, 9.17) is 15.6 Å². The zero-order valence-corrected chi connectivity index (χ0v) is 6.12. The van der Waals surface area contributed by atoms with Crippen LogP contribution in [0.3, 0.4) is 0 Å². The molecule has 0 aliphatic heterocycles. The number of nitrogens with zero attached hydrogens (tertiary/aromatic N) is 3. The third-order valence-corrected chi connectivity index (χ3v) is 1.37. The molecule has 0 amide bonds. The fourth-order valence-electron chi connectivity index (χ4n) is 0.845. The molecule has 0 spiro atoms. The van der Waals surface area contributed by atoms with Gasteiger partial charge < -0.3 is 10.0 Å². The molecule has 5 nitrogen and oxygen atoms in total. The number of hydrogen-bond donors (Lipinski definition) is 2. The van der Waals surface area contributed by atoms with E-state index >= 15 is 0 Å². The van der Waals surface area contributed by atoms with Crippen LogP contribution in [0.4, 0.5) is 5.69 Å². The summed E-state index contributed by atoms with van der Waals surface area (Å²) in [6.07, 6.45) is 0. The van der Waals surface area contributed by atoms with E-state index in [-0.39, 0.29) is 11.2 Å². The summed E-state index contributed by atoms with van der Waals surface area (Å²) in [4.78, 5) is 2.55. The van der Waals surface area contributed by atoms with Crippen LogP contribution in [0.1, 0.15) is 0 Å². The molecule has 2 N–H and O–H groups in total. The lowest BCUT2D eigenvalue weighted by atomic mass is 9.79. The normalized spacial score (nSPS) is 8.83. The molecule has 0 unspecified atom stereocenters. The lowest BCUT2D eigenvalue weighted by Gasteiger charge is -2.01. The van der Waals surface area contributed by atoms with Gasteiger partial charge in [-0.3, -0.25) is 0 Å². The van der Waals surface area contributed by atoms with Crippen LogP contribution in [0, 0.1) is 0 Å². The molecule has 60 valence electrons. The summed E-state index contributed by atoms with van der Waals surface area (Å²) < 4.78 is 0. The highest BCUT2D eigenvalue weighted by molar-refractivity contribution is 6.60. The SMILES string of the molecule is [N-]=[N+]=Nc1ccccc1B(O)O. The Bertz CT molecular complexity index is 322. The minimum Gasteiger partial charge on any atom is -0.423 e. The van der Waals surface area contributed by atoms with Crippen molar-refractivity contribution in [1.82, 2.24) is 0 Å². The maximum atomic E-state index is 8.80. The van der Waals surface area contributed by atoms with Gasteiger partial charge in [-0.1, -0.05) is 29.4 Å². The zero-order chi connectivity index (χ0) is 8.97. The van der Waals surface area contributed by atoms with Crippen LogP contribution in [0.5, 0.6) is 0 Å². The van der Waals surface area contributed by atoms with Crippen molar-refractivity contribution in [3.63, 3.8) is 0 Å². The first-order valence-electron chi connectivity index (χ1n) is 3.26. The standard InChI is InChI=1S/C6H6BN3O2/c8-10-9-6-4-2-1-3-5(6)7(11)12/h1-4,11-12H. The molecule has 1 aromatic carbocycles. The van der Waals surface area contributed by atoms with Gasteiger partial charge in [-0.2, -0.15) is 0 Å². The van der Waals surface area contributed by atoms with Crippen molar-refractivity contribution < 1.29 is 10.0 Å². The lowest BCUT2D eigenvalue weighted by molar-refractivity contribution is 0.426. The minimum absolute atomic E-state index is 0.204. The summed E-state index contributed by atoms with van der Waals surface area (Å²) >= 11 is 0. The van der Waals surface area contributed by atoms with E-state index in [1.807, 2.05) is 0 Å². The first-order valence-corrected chi connectivity index (χ1v) is 3.26. The van der Waals surface area contributed by atoms with Crippen molar-refractivity contribution in [3.05, 3.63) is 34.7 Å². The smallest absolute Gasteiger partial charge is 0.423 e. The highest BCUT2D eigenvalue weighted by Gasteiger charge is 2.13. The average Bonchev–Trinajstić information content (AvgIpc) is 2.05. The summed E-state index contributed by atoms with van der Waals surface area (Å²) in [5.41, 5.74) is 8.56. The van der Waals surface area contributed by atoms with Gasteiger partial charge in [-0.25, -0.2) is 0 Å². The largest absolute Gasteiger partial charge is 0.488 e. The summed E-state index contributed by atoms with van der Waals surface area (Å²) in [6, 6.07) is 6.27. The van der Waals surface area contributed by atoms with E-state index in [9.17, 15) is 0 Å². The second-order valence-electron chi connectivity index (χ2n) is 2.12. The van der Waals surface area contributed by atoms with E-state index in [1.54, 1.807) is 12.1 Å². The van der Waals surface area contributed by atoms with Crippen LogP contribution < -0.4 is 5.46 Å². The maximum Gasteiger partial charge on any atom is 0.488 e. The summed E-state index contributed by atoms with van der Waals surface area (Å²) in [5, 5.41) is 20.9. The molecule has 0 bridgehead atoms. The topological polar surface area (TPSA) is 89.2 Å². The second-order valence-corrected chi connectivity index (χ2v) is 2.12. The van der Waals surface area contributed by atoms with Gasteiger partial charge in [-0.05, 0) is 11.0 Å². The third kappa shape index (κ3) is 1.76. The van der Waals surface area contributed by atoms with Crippen molar-refractivity contribution in [2.24, 2.45) is 5.11 Å². The number of rotatable bonds is 2. The van der Waals surface area contributed by atoms with Gasteiger partial charge >= 0.3 is 7.12 Å². The van der Waals surface area contributed by atoms with E-state index in [0.29, 0.717) is 0 Å². The van der Waals surface area contributed by atoms with Crippen LogP contribution in [0.15, 0.2) is 29.4 Å². The van der Waals surface area contributed by atoms with Crippen LogP contribution >= 0.6 is 0 Å². The van der Waals surface area contributed by atoms with E-state index < -0.39 is 7.12 Å². The average molecular weight is 163 g/mol. The Labute approximate surface area is 69.0 Å². The number of azide groups is 1. The minimum atomic E-state index is -1.60. The number of benzene rings is 1. The predicted octanol–water partition coefficient (Wildman–Crippen LogP) is 0.308. The highest BCUT2D eigenvalue weighted by Crippen LogP contribution is 2.07. The summed E-state index contributed by atoms with van der Waals surface area (Å²) in [6.45, 7) is 0. The van der Waals surface area contributed by atoms with Crippen LogP contribution in [0.25, 0.3) is 10.4 Å². The second kappa shape index (κ2) is 3.78. The Balaban J connectivity index is 3.17. The van der Waals surface area contributed by atoms with E-state index in [2.05, 4.69) is 10.0 Å². The van der Waals surface area contributed by atoms with Crippen molar-refractivity contribution in [1.29, 1.82) is 0 Å². The third-order valence-electron chi connectivity index (χ3n) is 1.37. The van der Waals surface area contributed by atoms with Crippen LogP contribution in [0.2, 0.25) is 0 Å². The Morgan fingerprint density at radius 2 is 2.00 bits per heavy atom. The molecule has 0 aliphatic carbocycles. The molecule has 0 aromatic heterocycles. The van der Waals surface area contributed by atoms with Gasteiger partial charge in [0.1, 0.15) is 0 Å². The van der Waals surface area contributed by atoms with Crippen molar-refractivity contribution in [2.75, 3.05) is 0 Å². The van der Waals surface area contributed by atoms with Gasteiger partial charge in [0.05, 0.1) is 0 Å². The van der Waals surface area contributed by atoms with Crippen molar-refractivity contribution >= 4 is 18.3 Å². The molecule has 0 heterocycles. The van der Waals surface area contributed by atoms with Gasteiger partial charge in [0.15, 0.2) is 0 Å². The summed E-state index contributed by atoms with van der Waals surface area (Å²) in [7, 11) is -1.60. The zero-order valence-electron chi connectivity index (χ0n) is 6.12. The first kappa shape index (κ1) is 8.61. The van der Waals surface area contributed by atoms with E-state index in [1.165, 1.54) is 12.1 Å². The Hall–Kier alpha value is -1.49. The van der Waals surface area contributed by atoms with Gasteiger partial charge in [0, 0.05) is 10.6 Å². The molecule has 0 atom stereocenters. The molecule has 1 rings (SSSR count). The van der Waals surface area contributed by atoms with Crippen molar-refractivity contribution in [3.8, 4) is 0 Å². The highest BCUT2D eigenvalue weighted by atomic mass is 16.4. The Morgan fingerprint density at radius 1 is 1.33 bits per heavy atom. The molecule has 0 aliphatic rings. The van der Waals surface area contributed by atoms with E-state index in [0.717, 1.165) is 0 Å². The molecule has 6 heteroatoms. The predicted molar refractivity (Wildman–Crippen MR) is 45.1 cm³/mol. The number of hydrogen-bond acceptors (Lipinski definition) is 3. The molecule has 0 radical (unpaired) electrons. The summed E-state index contributed by atoms with van der Waals surface area (Å²) in [5.74, 6) is 0. The fraction of sp³-hybridized carbons (Fsp3) is 0. The van der Waals surface area contributed by atoms with Gasteiger partial charge in [0.25, 0.3) is 0 Å². The van der Waals surface area contributed by atoms with Crippen LogP contribution in [-0.2, 0) is 0 Å². The van der Waals surface area contributed by atoms with Gasteiger partial charge in [0.2, 0.25) is 0 Å². The quantitative estimate of drug-likeness (QED) is 0.284. The van der Waals surface area contributed by atoms with Crippen LogP contribution in [-0.4, -0.2) is 17.2 Å². The molecular formula is C6H6BN3O2. The lowest BCUT2D eigenvalue weighted by Crippen LogP contribution is -2.29. The molecular weight excluding hydrogens is 157 g/mol. The molecule has 12 heavy (non-hydrogen) atoms. The Morgan fingerprint density at radius 3 is 2.58 bits per heavy atom.